The first-order valence-corrected chi connectivity index (χ1v) is 26.0. The van der Waals surface area contributed by atoms with Crippen LogP contribution in [0.15, 0.2) is 71.8 Å². The summed E-state index contributed by atoms with van der Waals surface area (Å²) in [4.78, 5) is 0. The van der Waals surface area contributed by atoms with Crippen LogP contribution in [0.2, 0.25) is 0 Å². The Balaban J connectivity index is 0.0000124. The van der Waals surface area contributed by atoms with Crippen molar-refractivity contribution in [2.45, 2.75) is 252 Å². The van der Waals surface area contributed by atoms with Gasteiger partial charge >= 0.3 is 0 Å². The van der Waals surface area contributed by atoms with Gasteiger partial charge in [-0.1, -0.05) is 237 Å². The maximum absolute atomic E-state index is 12.2. The van der Waals surface area contributed by atoms with Crippen molar-refractivity contribution in [2.75, 3.05) is 0 Å². The first kappa shape index (κ1) is 53.9. The van der Waals surface area contributed by atoms with Crippen LogP contribution in [0.1, 0.15) is 265 Å². The SMILES string of the molecule is CCCCCCCCCCCCCCCCCCCCCCCC=CC1=C(c2cccc(CCCC)c2)[N+](=[N-])C(c2ccc(CCCCCC)cc2)=C1CCCCCC.[H-].[H-].[Ni]. The molecule has 0 saturated carbocycles. The Bertz CT molecular complexity index is 1480. The van der Waals surface area contributed by atoms with Gasteiger partial charge in [-0.05, 0) is 86.8 Å². The zero-order valence-electron chi connectivity index (χ0n) is 41.7. The van der Waals surface area contributed by atoms with Gasteiger partial charge in [0.2, 0.25) is 11.4 Å². The van der Waals surface area contributed by atoms with E-state index in [2.05, 4.69) is 88.4 Å². The largest absolute Gasteiger partial charge is 1.00 e. The zero-order valence-corrected chi connectivity index (χ0v) is 40.7. The monoisotopic (exact) mass is 865 g/mol. The minimum Gasteiger partial charge on any atom is -1.00 e. The Morgan fingerprint density at radius 3 is 1.37 bits per heavy atom. The van der Waals surface area contributed by atoms with Gasteiger partial charge in [0, 0.05) is 33.2 Å². The van der Waals surface area contributed by atoms with Crippen LogP contribution in [0.3, 0.4) is 0 Å². The summed E-state index contributed by atoms with van der Waals surface area (Å²) in [7, 11) is 0. The topological polar surface area (TPSA) is 25.3 Å². The van der Waals surface area contributed by atoms with E-state index >= 15 is 0 Å². The Morgan fingerprint density at radius 2 is 0.867 bits per heavy atom. The molecule has 0 fully saturated rings. The fourth-order valence-corrected chi connectivity index (χ4v) is 9.10. The molecule has 0 amide bonds. The first-order valence-electron chi connectivity index (χ1n) is 26.0. The van der Waals surface area contributed by atoms with E-state index in [-0.39, 0.29) is 19.3 Å². The molecule has 0 radical (unpaired) electrons. The predicted molar refractivity (Wildman–Crippen MR) is 264 cm³/mol. The fraction of sp³-hybridized carbons (Fsp3) is 0.684. The van der Waals surface area contributed by atoms with Crippen molar-refractivity contribution < 1.29 is 24.0 Å². The van der Waals surface area contributed by atoms with Gasteiger partial charge in [-0.25, -0.2) is 4.70 Å². The molecule has 344 valence electrons. The molecular formula is C57H94N2Ni-2. The van der Waals surface area contributed by atoms with Gasteiger partial charge in [0.15, 0.2) is 0 Å². The third kappa shape index (κ3) is 22.2. The number of rotatable bonds is 38. The molecule has 1 heterocycles. The molecule has 2 aromatic carbocycles. The van der Waals surface area contributed by atoms with E-state index < -0.39 is 0 Å². The van der Waals surface area contributed by atoms with Crippen LogP contribution in [-0.2, 0) is 29.3 Å². The van der Waals surface area contributed by atoms with E-state index in [1.807, 2.05) is 0 Å². The molecule has 0 N–H and O–H groups in total. The van der Waals surface area contributed by atoms with Gasteiger partial charge in [-0.3, -0.25) is 0 Å². The summed E-state index contributed by atoms with van der Waals surface area (Å²) < 4.78 is 1.56. The van der Waals surface area contributed by atoms with Gasteiger partial charge in [0.05, 0.1) is 5.57 Å². The van der Waals surface area contributed by atoms with Crippen molar-refractivity contribution in [3.05, 3.63) is 99.6 Å². The number of aryl methyl sites for hydroxylation is 2. The summed E-state index contributed by atoms with van der Waals surface area (Å²) in [6.45, 7) is 9.14. The second-order valence-electron chi connectivity index (χ2n) is 18.3. The molecule has 3 rings (SSSR count). The van der Waals surface area contributed by atoms with Gasteiger partial charge in [0.1, 0.15) is 0 Å². The van der Waals surface area contributed by atoms with E-state index in [4.69, 9.17) is 0 Å². The molecule has 1 aliphatic rings. The second kappa shape index (κ2) is 36.3. The van der Waals surface area contributed by atoms with Crippen molar-refractivity contribution in [1.29, 1.82) is 0 Å². The normalized spacial score (nSPS) is 13.0. The van der Waals surface area contributed by atoms with Crippen molar-refractivity contribution in [3.63, 3.8) is 0 Å². The molecule has 0 bridgehead atoms. The quantitative estimate of drug-likeness (QED) is 0.0365. The molecule has 1 aliphatic heterocycles. The van der Waals surface area contributed by atoms with E-state index in [0.29, 0.717) is 0 Å². The fourth-order valence-electron chi connectivity index (χ4n) is 9.10. The Hall–Kier alpha value is -2.25. The maximum atomic E-state index is 12.2. The number of hydrogen-bond acceptors (Lipinski definition) is 0. The molecule has 0 saturated heterocycles. The molecular weight excluding hydrogens is 771 g/mol. The number of hydrogen-bond donors (Lipinski definition) is 0. The van der Waals surface area contributed by atoms with E-state index in [0.717, 1.165) is 54.6 Å². The smallest absolute Gasteiger partial charge is 0.215 e. The first-order chi connectivity index (χ1) is 29.1. The summed E-state index contributed by atoms with van der Waals surface area (Å²) in [5.41, 5.74) is 21.7. The average molecular weight is 866 g/mol. The second-order valence-corrected chi connectivity index (χ2v) is 18.3. The summed E-state index contributed by atoms with van der Waals surface area (Å²) >= 11 is 0. The zero-order chi connectivity index (χ0) is 42.0. The Morgan fingerprint density at radius 1 is 0.433 bits per heavy atom. The molecule has 60 heavy (non-hydrogen) atoms. The number of nitrogens with zero attached hydrogens (tertiary/aromatic N) is 2. The molecule has 0 spiro atoms. The Labute approximate surface area is 385 Å². The standard InChI is InChI=1S/C57H92N2.Ni.2H/c1-5-9-13-16-17-18-19-20-21-22-23-24-25-26-27-28-29-30-31-32-33-34-37-44-55-54(43-36-15-11-7-3)56(52-47-45-50(46-48-52)40-35-14-10-6-2)59(58)57(55)53-42-38-41-51(49-53)39-12-8-4;;;/h37-38,41-42,44-49H,5-36,39-40,43H2,1-4H3;;;/q;;2*-1. The van der Waals surface area contributed by atoms with Gasteiger partial charge < -0.3 is 8.38 Å². The van der Waals surface area contributed by atoms with E-state index in [1.165, 1.54) is 215 Å². The summed E-state index contributed by atoms with van der Waals surface area (Å²) in [5.74, 6) is 0. The maximum Gasteiger partial charge on any atom is 0.215 e. The van der Waals surface area contributed by atoms with Gasteiger partial charge in [-0.2, -0.15) is 0 Å². The van der Waals surface area contributed by atoms with Crippen molar-refractivity contribution in [2.24, 2.45) is 0 Å². The number of unbranched alkanes of at least 4 members (excludes halogenated alkanes) is 28. The molecule has 0 aromatic heterocycles. The third-order valence-electron chi connectivity index (χ3n) is 12.9. The minimum absolute atomic E-state index is 0. The molecule has 2 aromatic rings. The van der Waals surface area contributed by atoms with Crippen LogP contribution in [0.5, 0.6) is 0 Å². The van der Waals surface area contributed by atoms with Crippen molar-refractivity contribution >= 4 is 11.4 Å². The number of benzene rings is 2. The van der Waals surface area contributed by atoms with Crippen molar-refractivity contribution in [3.8, 4) is 0 Å². The van der Waals surface area contributed by atoms with Crippen molar-refractivity contribution in [1.82, 2.24) is 0 Å². The van der Waals surface area contributed by atoms with E-state index in [1.54, 1.807) is 4.70 Å². The van der Waals surface area contributed by atoms with Crippen LogP contribution < -0.4 is 0 Å². The van der Waals surface area contributed by atoms with Gasteiger partial charge in [-0.15, -0.1) is 0 Å². The van der Waals surface area contributed by atoms with Crippen LogP contribution in [0.4, 0.5) is 0 Å². The number of allylic oxidation sites excluding steroid dienone is 4. The van der Waals surface area contributed by atoms with Crippen LogP contribution in [-0.4, -0.2) is 4.70 Å². The molecule has 0 aliphatic carbocycles. The molecule has 0 atom stereocenters. The van der Waals surface area contributed by atoms with Crippen LogP contribution >= 0.6 is 0 Å². The van der Waals surface area contributed by atoms with Crippen LogP contribution in [0.25, 0.3) is 16.9 Å². The Kier molecular flexibility index (Phi) is 32.6. The average Bonchev–Trinajstić information content (AvgIpc) is 3.53. The van der Waals surface area contributed by atoms with E-state index in [9.17, 15) is 5.53 Å². The van der Waals surface area contributed by atoms with Crippen LogP contribution in [0, 0.1) is 0 Å². The third-order valence-corrected chi connectivity index (χ3v) is 12.9. The predicted octanol–water partition coefficient (Wildman–Crippen LogP) is 19.7. The summed E-state index contributed by atoms with van der Waals surface area (Å²) in [5, 5.41) is 0. The van der Waals surface area contributed by atoms with Gasteiger partial charge in [0.25, 0.3) is 0 Å². The summed E-state index contributed by atoms with van der Waals surface area (Å²) in [6.07, 6.45) is 51.3. The molecule has 0 unspecified atom stereocenters. The summed E-state index contributed by atoms with van der Waals surface area (Å²) in [6, 6.07) is 18.1. The molecule has 3 heteroatoms. The minimum atomic E-state index is 0. The molecule has 2 nitrogen and oxygen atoms in total.